The van der Waals surface area contributed by atoms with E-state index < -0.39 is 0 Å². The second kappa shape index (κ2) is 14.2. The standard InChI is InChI=1S/C30H35N3O3.C2H6/c1-5-22(4)27-21-31-33(23-17-19-32(20-18-23)29(34)7-3)30(27)28(6-2)36-26-15-13-25(14-16-26)35-24-11-9-8-10-12-24;1-2/h5,7-16,23,31H,1,3,6,17-21H2,2,4H3;1-2H3/b27-22-,30-28-;. The van der Waals surface area contributed by atoms with Crippen LogP contribution < -0.4 is 14.9 Å². The van der Waals surface area contributed by atoms with Gasteiger partial charge in [0.2, 0.25) is 5.91 Å². The lowest BCUT2D eigenvalue weighted by atomic mass is 10.0. The number of amides is 1. The van der Waals surface area contributed by atoms with Gasteiger partial charge in [0.1, 0.15) is 23.0 Å². The maximum atomic E-state index is 12.0. The Morgan fingerprint density at radius 2 is 1.58 bits per heavy atom. The molecule has 2 fully saturated rings. The van der Waals surface area contributed by atoms with E-state index in [0.717, 1.165) is 60.1 Å². The molecule has 2 aromatic carbocycles. The van der Waals surface area contributed by atoms with Gasteiger partial charge in [-0.25, -0.2) is 5.43 Å². The van der Waals surface area contributed by atoms with Gasteiger partial charge in [-0.3, -0.25) is 4.79 Å². The molecule has 1 N–H and O–H groups in total. The molecule has 2 saturated heterocycles. The van der Waals surface area contributed by atoms with Crippen molar-refractivity contribution in [1.82, 2.24) is 15.3 Å². The Balaban J connectivity index is 0.00000195. The van der Waals surface area contributed by atoms with Gasteiger partial charge in [-0.15, -0.1) is 0 Å². The first-order chi connectivity index (χ1) is 18.5. The fourth-order valence-electron chi connectivity index (χ4n) is 4.64. The van der Waals surface area contributed by atoms with Gasteiger partial charge in [0.05, 0.1) is 5.70 Å². The number of piperidine rings is 1. The van der Waals surface area contributed by atoms with E-state index in [0.29, 0.717) is 13.1 Å². The summed E-state index contributed by atoms with van der Waals surface area (Å²) in [6.45, 7) is 18.0. The summed E-state index contributed by atoms with van der Waals surface area (Å²) in [5.74, 6) is 3.21. The van der Waals surface area contributed by atoms with E-state index in [2.05, 4.69) is 37.4 Å². The third-order valence-electron chi connectivity index (χ3n) is 6.68. The summed E-state index contributed by atoms with van der Waals surface area (Å²) in [6.07, 6.45) is 5.78. The number of allylic oxidation sites excluding steroid dienone is 3. The second-order valence-electron chi connectivity index (χ2n) is 8.95. The molecule has 0 radical (unpaired) electrons. The number of hydrogen-bond donors (Lipinski definition) is 1. The molecule has 2 aliphatic heterocycles. The van der Waals surface area contributed by atoms with Crippen molar-refractivity contribution in [2.24, 2.45) is 0 Å². The Hall–Kier alpha value is -3.77. The molecule has 202 valence electrons. The van der Waals surface area contributed by atoms with Gasteiger partial charge in [0, 0.05) is 32.1 Å². The topological polar surface area (TPSA) is 54.0 Å². The molecule has 2 heterocycles. The van der Waals surface area contributed by atoms with Gasteiger partial charge in [-0.05, 0) is 73.4 Å². The molecule has 2 aromatic rings. The number of carbonyl (C=O) groups is 1. The normalized spacial score (nSPS) is 18.2. The van der Waals surface area contributed by atoms with Gasteiger partial charge >= 0.3 is 0 Å². The predicted octanol–water partition coefficient (Wildman–Crippen LogP) is 7.01. The number of hydrazine groups is 1. The van der Waals surface area contributed by atoms with Crippen molar-refractivity contribution < 1.29 is 14.3 Å². The summed E-state index contributed by atoms with van der Waals surface area (Å²) in [4.78, 5) is 13.9. The Morgan fingerprint density at radius 3 is 2.16 bits per heavy atom. The van der Waals surface area contributed by atoms with Crippen molar-refractivity contribution in [1.29, 1.82) is 0 Å². The zero-order valence-corrected chi connectivity index (χ0v) is 23.2. The van der Waals surface area contributed by atoms with Crippen molar-refractivity contribution >= 4 is 5.91 Å². The number of para-hydroxylation sites is 1. The molecule has 6 heteroatoms. The molecule has 0 unspecified atom stereocenters. The monoisotopic (exact) mass is 515 g/mol. The minimum absolute atomic E-state index is 0.000968. The number of nitrogens with zero attached hydrogens (tertiary/aromatic N) is 2. The van der Waals surface area contributed by atoms with Crippen LogP contribution in [-0.2, 0) is 4.79 Å². The van der Waals surface area contributed by atoms with Crippen LogP contribution in [-0.4, -0.2) is 41.5 Å². The third-order valence-corrected chi connectivity index (χ3v) is 6.68. The number of ether oxygens (including phenoxy) is 2. The van der Waals surface area contributed by atoms with Crippen LogP contribution in [0.2, 0.25) is 0 Å². The first-order valence-electron chi connectivity index (χ1n) is 13.5. The molecule has 4 rings (SSSR count). The van der Waals surface area contributed by atoms with Gasteiger partial charge < -0.3 is 19.4 Å². The lowest BCUT2D eigenvalue weighted by Crippen LogP contribution is -2.48. The first kappa shape index (κ1) is 28.8. The smallest absolute Gasteiger partial charge is 0.245 e. The SMILES string of the molecule is C=CC(=O)N1CCC(N2NCC(=C(\C)C=C)/C2=C(\CC)Oc2ccc(Oc3ccccc3)cc2)CC1.CC. The summed E-state index contributed by atoms with van der Waals surface area (Å²) < 4.78 is 12.4. The Bertz CT molecular complexity index is 1140. The molecule has 38 heavy (non-hydrogen) atoms. The molecule has 1 amide bonds. The summed E-state index contributed by atoms with van der Waals surface area (Å²) in [5, 5.41) is 2.25. The molecule has 6 nitrogen and oxygen atoms in total. The van der Waals surface area contributed by atoms with Crippen LogP contribution in [0.3, 0.4) is 0 Å². The molecule has 0 atom stereocenters. The van der Waals surface area contributed by atoms with E-state index in [4.69, 9.17) is 9.47 Å². The average Bonchev–Trinajstić information content (AvgIpc) is 3.42. The first-order valence-corrected chi connectivity index (χ1v) is 13.5. The van der Waals surface area contributed by atoms with E-state index in [1.165, 1.54) is 11.6 Å². The van der Waals surface area contributed by atoms with Crippen molar-refractivity contribution in [2.75, 3.05) is 19.6 Å². The van der Waals surface area contributed by atoms with Crippen molar-refractivity contribution in [3.05, 3.63) is 103 Å². The minimum atomic E-state index is -0.000968. The van der Waals surface area contributed by atoms with Gasteiger partial charge in [-0.2, -0.15) is 0 Å². The molecular formula is C32H41N3O3. The highest BCUT2D eigenvalue weighted by Gasteiger charge is 2.35. The lowest BCUT2D eigenvalue weighted by Gasteiger charge is -2.38. The maximum absolute atomic E-state index is 12.0. The zero-order valence-electron chi connectivity index (χ0n) is 23.2. The fraction of sp³-hybridized carbons (Fsp3) is 0.344. The number of nitrogens with one attached hydrogen (secondary N) is 1. The van der Waals surface area contributed by atoms with E-state index in [9.17, 15) is 4.79 Å². The quantitative estimate of drug-likeness (QED) is 0.303. The molecule has 0 bridgehead atoms. The minimum Gasteiger partial charge on any atom is -0.460 e. The number of likely N-dealkylation sites (tertiary alicyclic amines) is 1. The molecular weight excluding hydrogens is 474 g/mol. The molecule has 0 saturated carbocycles. The largest absolute Gasteiger partial charge is 0.460 e. The third kappa shape index (κ3) is 6.95. The summed E-state index contributed by atoms with van der Waals surface area (Å²) in [6, 6.07) is 17.7. The summed E-state index contributed by atoms with van der Waals surface area (Å²) in [5.41, 5.74) is 6.98. The number of rotatable bonds is 8. The number of carbonyl (C=O) groups excluding carboxylic acids is 1. The van der Waals surface area contributed by atoms with Gasteiger partial charge in [0.15, 0.2) is 0 Å². The predicted molar refractivity (Wildman–Crippen MR) is 155 cm³/mol. The van der Waals surface area contributed by atoms with Crippen LogP contribution in [0.15, 0.2) is 103 Å². The van der Waals surface area contributed by atoms with E-state index in [1.54, 1.807) is 0 Å². The Labute approximate surface area is 227 Å². The van der Waals surface area contributed by atoms with Crippen LogP contribution in [0.25, 0.3) is 0 Å². The molecule has 0 aliphatic carbocycles. The van der Waals surface area contributed by atoms with Crippen molar-refractivity contribution in [3.8, 4) is 17.2 Å². The lowest BCUT2D eigenvalue weighted by molar-refractivity contribution is -0.127. The van der Waals surface area contributed by atoms with E-state index >= 15 is 0 Å². The van der Waals surface area contributed by atoms with Crippen LogP contribution in [0.4, 0.5) is 0 Å². The molecule has 0 aromatic heterocycles. The van der Waals surface area contributed by atoms with Crippen LogP contribution in [0.5, 0.6) is 17.2 Å². The second-order valence-corrected chi connectivity index (χ2v) is 8.95. The van der Waals surface area contributed by atoms with E-state index in [-0.39, 0.29) is 11.9 Å². The van der Waals surface area contributed by atoms with Crippen LogP contribution in [0.1, 0.15) is 47.0 Å². The van der Waals surface area contributed by atoms with Crippen LogP contribution in [0, 0.1) is 0 Å². The summed E-state index contributed by atoms with van der Waals surface area (Å²) in [7, 11) is 0. The van der Waals surface area contributed by atoms with E-state index in [1.807, 2.05) is 79.4 Å². The van der Waals surface area contributed by atoms with Crippen molar-refractivity contribution in [2.45, 2.75) is 53.0 Å². The highest BCUT2D eigenvalue weighted by atomic mass is 16.5. The fourth-order valence-corrected chi connectivity index (χ4v) is 4.64. The van der Waals surface area contributed by atoms with Gasteiger partial charge in [-0.1, -0.05) is 58.2 Å². The van der Waals surface area contributed by atoms with Crippen LogP contribution >= 0.6 is 0 Å². The summed E-state index contributed by atoms with van der Waals surface area (Å²) >= 11 is 0. The zero-order chi connectivity index (χ0) is 27.5. The number of benzene rings is 2. The Kier molecular flexibility index (Phi) is 10.8. The molecule has 2 aliphatic rings. The highest BCUT2D eigenvalue weighted by molar-refractivity contribution is 5.87. The maximum Gasteiger partial charge on any atom is 0.245 e. The van der Waals surface area contributed by atoms with Gasteiger partial charge in [0.25, 0.3) is 0 Å². The Morgan fingerprint density at radius 1 is 0.974 bits per heavy atom. The highest BCUT2D eigenvalue weighted by Crippen LogP contribution is 2.34. The van der Waals surface area contributed by atoms with Crippen molar-refractivity contribution in [3.63, 3.8) is 0 Å². The number of hydrogen-bond acceptors (Lipinski definition) is 5. The molecule has 0 spiro atoms. The average molecular weight is 516 g/mol.